The Balaban J connectivity index is 2.23. The maximum atomic E-state index is 10.8. The van der Waals surface area contributed by atoms with Crippen molar-refractivity contribution in [3.63, 3.8) is 0 Å². The van der Waals surface area contributed by atoms with Gasteiger partial charge in [0, 0.05) is 17.1 Å². The molecule has 0 unspecified atom stereocenters. The van der Waals surface area contributed by atoms with Gasteiger partial charge in [0.1, 0.15) is 12.2 Å². The molecule has 0 aromatic heterocycles. The second-order valence-electron chi connectivity index (χ2n) is 4.94. The molecular weight excluding hydrogens is 306 g/mol. The molecule has 0 saturated carbocycles. The highest BCUT2D eigenvalue weighted by atomic mass is 35.5. The first-order chi connectivity index (χ1) is 9.18. The third-order valence-electron chi connectivity index (χ3n) is 2.86. The minimum Gasteiger partial charge on any atom is -0.343 e. The van der Waals surface area contributed by atoms with Gasteiger partial charge in [-0.3, -0.25) is 4.55 Å². The van der Waals surface area contributed by atoms with Crippen molar-refractivity contribution in [2.24, 2.45) is 0 Å². The molecule has 2 rings (SSSR count). The van der Waals surface area contributed by atoms with E-state index in [0.29, 0.717) is 10.6 Å². The van der Waals surface area contributed by atoms with Crippen LogP contribution in [0.3, 0.4) is 0 Å². The topological polar surface area (TPSA) is 84.9 Å². The maximum absolute atomic E-state index is 10.8. The van der Waals surface area contributed by atoms with Crippen molar-refractivity contribution in [1.82, 2.24) is 4.72 Å². The quantitative estimate of drug-likeness (QED) is 0.828. The number of benzene rings is 1. The largest absolute Gasteiger partial charge is 0.343 e. The molecule has 1 aromatic carbocycles. The van der Waals surface area contributed by atoms with E-state index in [2.05, 4.69) is 0 Å². The van der Waals surface area contributed by atoms with Crippen LogP contribution in [0.1, 0.15) is 25.5 Å². The minimum absolute atomic E-state index is 0.113. The smallest absolute Gasteiger partial charge is 0.333 e. The van der Waals surface area contributed by atoms with Gasteiger partial charge in [0.15, 0.2) is 5.79 Å². The molecule has 2 N–H and O–H groups in total. The lowest BCUT2D eigenvalue weighted by atomic mass is 10.0. The van der Waals surface area contributed by atoms with E-state index in [1.165, 1.54) is 0 Å². The molecule has 0 radical (unpaired) electrons. The summed E-state index contributed by atoms with van der Waals surface area (Å²) in [6.07, 6.45) is -1.11. The summed E-state index contributed by atoms with van der Waals surface area (Å²) in [6, 6.07) is 7.11. The first-order valence-corrected chi connectivity index (χ1v) is 7.82. The van der Waals surface area contributed by atoms with Crippen LogP contribution in [-0.4, -0.2) is 31.4 Å². The van der Waals surface area contributed by atoms with Gasteiger partial charge in [-0.2, -0.15) is 13.1 Å². The summed E-state index contributed by atoms with van der Waals surface area (Å²) in [6.45, 7) is 3.34. The van der Waals surface area contributed by atoms with Gasteiger partial charge in [-0.15, -0.1) is 0 Å². The van der Waals surface area contributed by atoms with E-state index >= 15 is 0 Å². The van der Waals surface area contributed by atoms with Gasteiger partial charge in [0.05, 0.1) is 0 Å². The lowest BCUT2D eigenvalue weighted by Gasteiger charge is -2.18. The fraction of sp³-hybridized carbons (Fsp3) is 0.500. The van der Waals surface area contributed by atoms with Gasteiger partial charge < -0.3 is 9.47 Å². The Morgan fingerprint density at radius 2 is 2.00 bits per heavy atom. The van der Waals surface area contributed by atoms with Crippen molar-refractivity contribution in [2.45, 2.75) is 31.8 Å². The fourth-order valence-electron chi connectivity index (χ4n) is 2.14. The summed E-state index contributed by atoms with van der Waals surface area (Å²) in [5.41, 5.74) is 0.710. The number of hydrogen-bond donors (Lipinski definition) is 2. The highest BCUT2D eigenvalue weighted by molar-refractivity contribution is 7.83. The average molecular weight is 322 g/mol. The second-order valence-corrected chi connectivity index (χ2v) is 6.59. The molecule has 112 valence electrons. The Morgan fingerprint density at radius 3 is 2.60 bits per heavy atom. The summed E-state index contributed by atoms with van der Waals surface area (Å²) in [5.74, 6) is -0.866. The van der Waals surface area contributed by atoms with Crippen LogP contribution >= 0.6 is 11.6 Å². The van der Waals surface area contributed by atoms with Gasteiger partial charge in [0.25, 0.3) is 0 Å². The molecule has 0 amide bonds. The first-order valence-electron chi connectivity index (χ1n) is 6.00. The van der Waals surface area contributed by atoms with Crippen LogP contribution in [0.25, 0.3) is 0 Å². The van der Waals surface area contributed by atoms with Gasteiger partial charge in [-0.1, -0.05) is 29.8 Å². The number of halogens is 1. The molecule has 1 aromatic rings. The van der Waals surface area contributed by atoms with Crippen molar-refractivity contribution in [3.05, 3.63) is 34.9 Å². The fourth-order valence-corrected chi connectivity index (χ4v) is 2.76. The lowest BCUT2D eigenvalue weighted by Crippen LogP contribution is -2.35. The Labute approximate surface area is 122 Å². The molecule has 1 heterocycles. The normalized spacial score (nSPS) is 25.8. The third kappa shape index (κ3) is 3.91. The predicted octanol–water partition coefficient (Wildman–Crippen LogP) is 1.93. The van der Waals surface area contributed by atoms with E-state index in [-0.39, 0.29) is 6.54 Å². The predicted molar refractivity (Wildman–Crippen MR) is 73.8 cm³/mol. The number of ether oxygens (including phenoxy) is 2. The minimum atomic E-state index is -4.28. The van der Waals surface area contributed by atoms with E-state index in [1.807, 2.05) is 10.8 Å². The summed E-state index contributed by atoms with van der Waals surface area (Å²) < 4.78 is 43.7. The van der Waals surface area contributed by atoms with Crippen molar-refractivity contribution >= 4 is 21.9 Å². The molecule has 8 heteroatoms. The van der Waals surface area contributed by atoms with E-state index in [0.717, 1.165) is 0 Å². The monoisotopic (exact) mass is 321 g/mol. The Morgan fingerprint density at radius 1 is 1.35 bits per heavy atom. The zero-order chi connectivity index (χ0) is 15.0. The van der Waals surface area contributed by atoms with Crippen molar-refractivity contribution in [3.8, 4) is 0 Å². The van der Waals surface area contributed by atoms with Gasteiger partial charge >= 0.3 is 10.3 Å². The van der Waals surface area contributed by atoms with Gasteiger partial charge in [-0.25, -0.2) is 0 Å². The van der Waals surface area contributed by atoms with Crippen LogP contribution in [0.5, 0.6) is 0 Å². The molecule has 0 spiro atoms. The van der Waals surface area contributed by atoms with Crippen LogP contribution < -0.4 is 4.72 Å². The molecule has 0 aliphatic carbocycles. The Kier molecular flexibility index (Phi) is 4.38. The molecule has 20 heavy (non-hydrogen) atoms. The van der Waals surface area contributed by atoms with Crippen LogP contribution in [-0.2, 0) is 19.8 Å². The zero-order valence-electron chi connectivity index (χ0n) is 11.0. The molecular formula is C12H16ClNO5S. The van der Waals surface area contributed by atoms with E-state index in [4.69, 9.17) is 25.6 Å². The number of hydrogen-bond acceptors (Lipinski definition) is 4. The lowest BCUT2D eigenvalue weighted by molar-refractivity contribution is -0.146. The third-order valence-corrected chi connectivity index (χ3v) is 3.74. The van der Waals surface area contributed by atoms with Gasteiger partial charge in [-0.05, 0) is 19.9 Å². The summed E-state index contributed by atoms with van der Waals surface area (Å²) in [4.78, 5) is 0. The molecule has 2 atom stereocenters. The summed E-state index contributed by atoms with van der Waals surface area (Å²) in [5, 5.41) is 0.510. The zero-order valence-corrected chi connectivity index (χ0v) is 12.6. The first kappa shape index (κ1) is 15.7. The van der Waals surface area contributed by atoms with E-state index in [1.54, 1.807) is 32.0 Å². The average Bonchev–Trinajstić information content (AvgIpc) is 2.62. The highest BCUT2D eigenvalue weighted by Gasteiger charge is 2.42. The van der Waals surface area contributed by atoms with Crippen molar-refractivity contribution in [2.75, 3.05) is 6.54 Å². The summed E-state index contributed by atoms with van der Waals surface area (Å²) >= 11 is 6.13. The van der Waals surface area contributed by atoms with Crippen LogP contribution in [0, 0.1) is 0 Å². The Bertz CT molecular complexity index is 589. The maximum Gasteiger partial charge on any atom is 0.333 e. The molecule has 1 aliphatic heterocycles. The molecule has 1 saturated heterocycles. The highest BCUT2D eigenvalue weighted by Crippen LogP contribution is 2.40. The standard InChI is InChI=1S/C12H16ClNO5S/c1-12(2)18-10(7-14-20(15,16)17)11(19-12)8-5-3-4-6-9(8)13/h3-6,10-11,14H,7H2,1-2H3,(H,15,16,17)/t10-,11-/m0/s1. The number of nitrogens with one attached hydrogen (secondary N) is 1. The molecule has 1 aliphatic rings. The summed E-state index contributed by atoms with van der Waals surface area (Å²) in [7, 11) is -4.28. The Hall–Kier alpha value is -0.700. The molecule has 0 bridgehead atoms. The number of rotatable bonds is 4. The van der Waals surface area contributed by atoms with Gasteiger partial charge in [0.2, 0.25) is 0 Å². The van der Waals surface area contributed by atoms with Crippen LogP contribution in [0.2, 0.25) is 5.02 Å². The van der Waals surface area contributed by atoms with E-state index in [9.17, 15) is 8.42 Å². The van der Waals surface area contributed by atoms with Crippen LogP contribution in [0.15, 0.2) is 24.3 Å². The second kappa shape index (κ2) is 5.59. The SMILES string of the molecule is CC1(C)O[C@@H](CNS(=O)(=O)O)[C@H](c2ccccc2Cl)O1. The van der Waals surface area contributed by atoms with Crippen LogP contribution in [0.4, 0.5) is 0 Å². The van der Waals surface area contributed by atoms with E-state index < -0.39 is 28.3 Å². The van der Waals surface area contributed by atoms with Crippen molar-refractivity contribution < 1.29 is 22.4 Å². The molecule has 1 fully saturated rings. The van der Waals surface area contributed by atoms with Crippen molar-refractivity contribution in [1.29, 1.82) is 0 Å². The molecule has 6 nitrogen and oxygen atoms in total.